The fourth-order valence-electron chi connectivity index (χ4n) is 2.48. The lowest BCUT2D eigenvalue weighted by atomic mass is 10.0. The first-order valence-electron chi connectivity index (χ1n) is 6.55. The summed E-state index contributed by atoms with van der Waals surface area (Å²) >= 11 is 0. The van der Waals surface area contributed by atoms with Gasteiger partial charge in [0.25, 0.3) is 0 Å². The monoisotopic (exact) mass is 262 g/mol. The average molecular weight is 262 g/mol. The molecule has 2 aromatic rings. The molecule has 0 saturated carbocycles. The van der Waals surface area contributed by atoms with Crippen LogP contribution >= 0.6 is 0 Å². The molecule has 2 aromatic heterocycles. The van der Waals surface area contributed by atoms with Crippen molar-refractivity contribution in [1.29, 1.82) is 0 Å². The van der Waals surface area contributed by atoms with Crippen LogP contribution in [0.15, 0.2) is 6.33 Å². The quantitative estimate of drug-likeness (QED) is 0.905. The van der Waals surface area contributed by atoms with Crippen LogP contribution in [0.3, 0.4) is 0 Å². The molecule has 6 nitrogen and oxygen atoms in total. The Bertz CT molecular complexity index is 566. The van der Waals surface area contributed by atoms with Gasteiger partial charge in [-0.1, -0.05) is 0 Å². The van der Waals surface area contributed by atoms with Crippen molar-refractivity contribution in [3.8, 4) is 0 Å². The minimum absolute atomic E-state index is 0.101. The van der Waals surface area contributed by atoms with Gasteiger partial charge in [0.2, 0.25) is 0 Å². The van der Waals surface area contributed by atoms with E-state index in [1.807, 2.05) is 30.3 Å². The Morgan fingerprint density at radius 2 is 2.00 bits per heavy atom. The summed E-state index contributed by atoms with van der Waals surface area (Å²) < 4.78 is 3.79. The number of hydrogen-bond donors (Lipinski definition) is 1. The fourth-order valence-corrected chi connectivity index (χ4v) is 2.48. The van der Waals surface area contributed by atoms with E-state index in [1.54, 1.807) is 6.33 Å². The van der Waals surface area contributed by atoms with Gasteiger partial charge in [0.15, 0.2) is 0 Å². The maximum atomic E-state index is 6.34. The smallest absolute Gasteiger partial charge is 0.138 e. The largest absolute Gasteiger partial charge is 0.323 e. The van der Waals surface area contributed by atoms with E-state index in [4.69, 9.17) is 5.73 Å². The van der Waals surface area contributed by atoms with Gasteiger partial charge in [-0.2, -0.15) is 10.2 Å². The summed E-state index contributed by atoms with van der Waals surface area (Å²) in [5, 5.41) is 8.65. The molecule has 0 aliphatic carbocycles. The third-order valence-corrected chi connectivity index (χ3v) is 3.47. The highest BCUT2D eigenvalue weighted by atomic mass is 15.3. The van der Waals surface area contributed by atoms with Gasteiger partial charge >= 0.3 is 0 Å². The van der Waals surface area contributed by atoms with Crippen LogP contribution in [0, 0.1) is 13.8 Å². The number of nitrogens with two attached hydrogens (primary N) is 1. The molecule has 0 aliphatic rings. The van der Waals surface area contributed by atoms with Crippen LogP contribution in [0.4, 0.5) is 0 Å². The van der Waals surface area contributed by atoms with Gasteiger partial charge in [-0.15, -0.1) is 0 Å². The van der Waals surface area contributed by atoms with E-state index in [-0.39, 0.29) is 6.04 Å². The molecule has 2 heterocycles. The lowest BCUT2D eigenvalue weighted by Gasteiger charge is -2.14. The summed E-state index contributed by atoms with van der Waals surface area (Å²) in [6, 6.07) is 0.191. The topological polar surface area (TPSA) is 74.6 Å². The molecule has 0 radical (unpaired) electrons. The van der Waals surface area contributed by atoms with E-state index in [1.165, 1.54) is 0 Å². The van der Waals surface area contributed by atoms with E-state index in [0.29, 0.717) is 12.5 Å². The molecule has 0 fully saturated rings. The first-order valence-corrected chi connectivity index (χ1v) is 6.55. The second-order valence-electron chi connectivity index (χ2n) is 5.23. The van der Waals surface area contributed by atoms with Gasteiger partial charge in [0, 0.05) is 36.8 Å². The summed E-state index contributed by atoms with van der Waals surface area (Å²) in [6.45, 7) is 8.21. The zero-order valence-electron chi connectivity index (χ0n) is 12.3. The van der Waals surface area contributed by atoms with Crippen LogP contribution in [0.5, 0.6) is 0 Å². The number of aryl methyl sites for hydroxylation is 2. The van der Waals surface area contributed by atoms with Gasteiger partial charge in [-0.05, 0) is 27.7 Å². The van der Waals surface area contributed by atoms with Gasteiger partial charge in [0.05, 0.1) is 5.69 Å². The highest BCUT2D eigenvalue weighted by Gasteiger charge is 2.19. The first kappa shape index (κ1) is 13.7. The van der Waals surface area contributed by atoms with Gasteiger partial charge < -0.3 is 5.73 Å². The molecule has 6 heteroatoms. The second kappa shape index (κ2) is 5.13. The van der Waals surface area contributed by atoms with E-state index >= 15 is 0 Å². The van der Waals surface area contributed by atoms with Gasteiger partial charge in [0.1, 0.15) is 12.2 Å². The maximum Gasteiger partial charge on any atom is 0.138 e. The number of nitrogens with zero attached hydrogens (tertiary/aromatic N) is 5. The first-order chi connectivity index (χ1) is 8.91. The van der Waals surface area contributed by atoms with Crippen molar-refractivity contribution in [1.82, 2.24) is 24.5 Å². The lowest BCUT2D eigenvalue weighted by Crippen LogP contribution is -2.19. The van der Waals surface area contributed by atoms with E-state index in [0.717, 1.165) is 22.8 Å². The lowest BCUT2D eigenvalue weighted by molar-refractivity contribution is 0.492. The van der Waals surface area contributed by atoms with Crippen molar-refractivity contribution in [3.63, 3.8) is 0 Å². The van der Waals surface area contributed by atoms with Crippen molar-refractivity contribution < 1.29 is 0 Å². The van der Waals surface area contributed by atoms with Crippen molar-refractivity contribution >= 4 is 0 Å². The van der Waals surface area contributed by atoms with Crippen molar-refractivity contribution in [2.24, 2.45) is 12.8 Å². The van der Waals surface area contributed by atoms with Crippen LogP contribution in [0.25, 0.3) is 0 Å². The second-order valence-corrected chi connectivity index (χ2v) is 5.23. The summed E-state index contributed by atoms with van der Waals surface area (Å²) in [4.78, 5) is 4.31. The summed E-state index contributed by atoms with van der Waals surface area (Å²) in [5.74, 6) is 0.921. The van der Waals surface area contributed by atoms with Crippen molar-refractivity contribution in [2.75, 3.05) is 0 Å². The molecule has 2 N–H and O–H groups in total. The maximum absolute atomic E-state index is 6.34. The van der Waals surface area contributed by atoms with E-state index in [9.17, 15) is 0 Å². The summed E-state index contributed by atoms with van der Waals surface area (Å²) in [5.41, 5.74) is 9.55. The molecular weight excluding hydrogens is 240 g/mol. The molecule has 0 amide bonds. The number of aromatic nitrogens is 5. The molecule has 0 saturated heterocycles. The Morgan fingerprint density at radius 1 is 1.32 bits per heavy atom. The highest BCUT2D eigenvalue weighted by Crippen LogP contribution is 2.22. The van der Waals surface area contributed by atoms with Crippen LogP contribution < -0.4 is 5.73 Å². The van der Waals surface area contributed by atoms with Gasteiger partial charge in [-0.25, -0.2) is 9.67 Å². The predicted molar refractivity (Wildman–Crippen MR) is 73.7 cm³/mol. The van der Waals surface area contributed by atoms with E-state index < -0.39 is 0 Å². The minimum atomic E-state index is -0.101. The highest BCUT2D eigenvalue weighted by molar-refractivity contribution is 5.28. The van der Waals surface area contributed by atoms with Crippen molar-refractivity contribution in [3.05, 3.63) is 29.1 Å². The Kier molecular flexibility index (Phi) is 3.71. The van der Waals surface area contributed by atoms with Crippen LogP contribution in [0.1, 0.15) is 48.7 Å². The number of rotatable bonds is 4. The minimum Gasteiger partial charge on any atom is -0.323 e. The zero-order valence-corrected chi connectivity index (χ0v) is 12.3. The van der Waals surface area contributed by atoms with Crippen LogP contribution in [-0.2, 0) is 13.5 Å². The third-order valence-electron chi connectivity index (χ3n) is 3.47. The van der Waals surface area contributed by atoms with Crippen molar-refractivity contribution in [2.45, 2.75) is 46.2 Å². The fraction of sp³-hybridized carbons (Fsp3) is 0.615. The third kappa shape index (κ3) is 2.53. The molecular formula is C13H22N6. The SMILES string of the molecule is Cc1nn(C)c(C)c1C(N)Cc1ncnn1C(C)C. The van der Waals surface area contributed by atoms with E-state index in [2.05, 4.69) is 29.0 Å². The Morgan fingerprint density at radius 3 is 2.53 bits per heavy atom. The predicted octanol–water partition coefficient (Wildman–Crippen LogP) is 1.45. The Balaban J connectivity index is 2.26. The van der Waals surface area contributed by atoms with Crippen LogP contribution in [0.2, 0.25) is 0 Å². The zero-order chi connectivity index (χ0) is 14.2. The van der Waals surface area contributed by atoms with Crippen LogP contribution in [-0.4, -0.2) is 24.5 Å². The average Bonchev–Trinajstić information content (AvgIpc) is 2.85. The summed E-state index contributed by atoms with van der Waals surface area (Å²) in [6.07, 6.45) is 2.26. The Hall–Kier alpha value is -1.69. The standard InChI is InChI=1S/C13H22N6/c1-8(2)19-12(15-7-16-19)6-11(14)13-9(3)17-18(5)10(13)4/h7-8,11H,6,14H2,1-5H3. The number of hydrogen-bond acceptors (Lipinski definition) is 4. The molecule has 104 valence electrons. The molecule has 1 atom stereocenters. The normalized spacial score (nSPS) is 13.2. The van der Waals surface area contributed by atoms with Gasteiger partial charge in [-0.3, -0.25) is 4.68 Å². The molecule has 0 aliphatic heterocycles. The Labute approximate surface area is 113 Å². The molecule has 0 bridgehead atoms. The molecule has 0 aromatic carbocycles. The molecule has 19 heavy (non-hydrogen) atoms. The molecule has 2 rings (SSSR count). The molecule has 0 spiro atoms. The molecule has 1 unspecified atom stereocenters. The summed E-state index contributed by atoms with van der Waals surface area (Å²) in [7, 11) is 1.94.